The Morgan fingerprint density at radius 1 is 1.22 bits per heavy atom. The summed E-state index contributed by atoms with van der Waals surface area (Å²) in [5, 5.41) is 6.85. The first-order valence-corrected chi connectivity index (χ1v) is 6.76. The molecular weight excluding hydrogens is 244 g/mol. The molecule has 0 radical (unpaired) electrons. The second kappa shape index (κ2) is 7.82. The number of benzene rings is 1. The van der Waals surface area contributed by atoms with Gasteiger partial charge in [0.1, 0.15) is 0 Å². The smallest absolute Gasteiger partial charge is 0.170 e. The van der Waals surface area contributed by atoms with Crippen LogP contribution in [0.15, 0.2) is 24.3 Å². The van der Waals surface area contributed by atoms with E-state index >= 15 is 0 Å². The quantitative estimate of drug-likeness (QED) is 0.469. The lowest BCUT2D eigenvalue weighted by Gasteiger charge is -2.10. The van der Waals surface area contributed by atoms with Gasteiger partial charge >= 0.3 is 0 Å². The highest BCUT2D eigenvalue weighted by Crippen LogP contribution is 2.11. The van der Waals surface area contributed by atoms with Crippen molar-refractivity contribution in [2.45, 2.75) is 33.1 Å². The van der Waals surface area contributed by atoms with Crippen LogP contribution in [0.2, 0.25) is 0 Å². The highest BCUT2D eigenvalue weighted by atomic mass is 32.1. The summed E-state index contributed by atoms with van der Waals surface area (Å²) in [6.07, 6.45) is 2.78. The van der Waals surface area contributed by atoms with E-state index in [9.17, 15) is 4.79 Å². The van der Waals surface area contributed by atoms with Crippen molar-refractivity contribution < 1.29 is 4.79 Å². The Kier molecular flexibility index (Phi) is 6.36. The second-order valence-electron chi connectivity index (χ2n) is 4.09. The van der Waals surface area contributed by atoms with E-state index in [1.54, 1.807) is 0 Å². The number of carbonyl (C=O) groups is 1. The van der Waals surface area contributed by atoms with E-state index in [1.165, 1.54) is 0 Å². The SMILES string of the molecule is CCCCNC(=S)Nc1ccc(C(=O)CC)cc1. The Morgan fingerprint density at radius 2 is 1.89 bits per heavy atom. The topological polar surface area (TPSA) is 41.1 Å². The Balaban J connectivity index is 2.48. The lowest BCUT2D eigenvalue weighted by molar-refractivity contribution is 0.0988. The molecular formula is C14H20N2OS. The first-order chi connectivity index (χ1) is 8.67. The number of hydrogen-bond acceptors (Lipinski definition) is 2. The van der Waals surface area contributed by atoms with Crippen molar-refractivity contribution in [2.24, 2.45) is 0 Å². The van der Waals surface area contributed by atoms with Gasteiger partial charge in [0.2, 0.25) is 0 Å². The average molecular weight is 264 g/mol. The van der Waals surface area contributed by atoms with Crippen LogP contribution in [0.3, 0.4) is 0 Å². The third kappa shape index (κ3) is 4.84. The van der Waals surface area contributed by atoms with Gasteiger partial charge in [-0.05, 0) is 42.9 Å². The Bertz CT molecular complexity index is 401. The predicted molar refractivity (Wildman–Crippen MR) is 80.2 cm³/mol. The average Bonchev–Trinajstić information content (AvgIpc) is 2.39. The molecule has 1 aromatic carbocycles. The summed E-state index contributed by atoms with van der Waals surface area (Å²) in [4.78, 5) is 11.5. The van der Waals surface area contributed by atoms with Crippen LogP contribution >= 0.6 is 12.2 Å². The molecule has 0 aliphatic rings. The molecule has 0 saturated carbocycles. The molecule has 0 aliphatic heterocycles. The summed E-state index contributed by atoms with van der Waals surface area (Å²) in [6, 6.07) is 7.39. The zero-order valence-corrected chi connectivity index (χ0v) is 11.8. The van der Waals surface area contributed by atoms with E-state index in [2.05, 4.69) is 17.6 Å². The first kappa shape index (κ1) is 14.6. The molecule has 0 unspecified atom stereocenters. The molecule has 0 aromatic heterocycles. The minimum atomic E-state index is 0.158. The molecule has 98 valence electrons. The first-order valence-electron chi connectivity index (χ1n) is 6.35. The number of Topliss-reactive ketones (excluding diaryl/α,β-unsaturated/α-hetero) is 1. The summed E-state index contributed by atoms with van der Waals surface area (Å²) in [7, 11) is 0. The number of unbranched alkanes of at least 4 members (excludes halogenated alkanes) is 1. The third-order valence-corrected chi connectivity index (χ3v) is 2.85. The molecule has 1 aromatic rings. The molecule has 18 heavy (non-hydrogen) atoms. The molecule has 0 atom stereocenters. The van der Waals surface area contributed by atoms with Crippen molar-refractivity contribution >= 4 is 28.8 Å². The van der Waals surface area contributed by atoms with Gasteiger partial charge < -0.3 is 10.6 Å². The van der Waals surface area contributed by atoms with Crippen molar-refractivity contribution in [1.29, 1.82) is 0 Å². The number of ketones is 1. The summed E-state index contributed by atoms with van der Waals surface area (Å²) >= 11 is 5.17. The normalized spacial score (nSPS) is 9.89. The Hall–Kier alpha value is -1.42. The van der Waals surface area contributed by atoms with Gasteiger partial charge in [0.05, 0.1) is 0 Å². The fourth-order valence-electron chi connectivity index (χ4n) is 1.50. The monoisotopic (exact) mass is 264 g/mol. The van der Waals surface area contributed by atoms with Crippen LogP contribution in [0.4, 0.5) is 5.69 Å². The van der Waals surface area contributed by atoms with Gasteiger partial charge in [-0.2, -0.15) is 0 Å². The van der Waals surface area contributed by atoms with Gasteiger partial charge in [-0.1, -0.05) is 20.3 Å². The van der Waals surface area contributed by atoms with E-state index in [-0.39, 0.29) is 5.78 Å². The largest absolute Gasteiger partial charge is 0.362 e. The van der Waals surface area contributed by atoms with E-state index in [0.29, 0.717) is 11.5 Å². The van der Waals surface area contributed by atoms with Crippen LogP contribution < -0.4 is 10.6 Å². The zero-order chi connectivity index (χ0) is 13.4. The van der Waals surface area contributed by atoms with E-state index in [0.717, 1.165) is 30.6 Å². The molecule has 0 bridgehead atoms. The van der Waals surface area contributed by atoms with Crippen LogP contribution in [-0.2, 0) is 0 Å². The molecule has 0 aliphatic carbocycles. The number of rotatable bonds is 6. The maximum atomic E-state index is 11.5. The highest BCUT2D eigenvalue weighted by molar-refractivity contribution is 7.80. The minimum absolute atomic E-state index is 0.158. The van der Waals surface area contributed by atoms with Crippen molar-refractivity contribution in [3.63, 3.8) is 0 Å². The third-order valence-electron chi connectivity index (χ3n) is 2.60. The fourth-order valence-corrected chi connectivity index (χ4v) is 1.72. The standard InChI is InChI=1S/C14H20N2OS/c1-3-5-10-15-14(18)16-12-8-6-11(7-9-12)13(17)4-2/h6-9H,3-5,10H2,1-2H3,(H2,15,16,18). The van der Waals surface area contributed by atoms with Gasteiger partial charge in [-0.3, -0.25) is 4.79 Å². The van der Waals surface area contributed by atoms with Crippen molar-refractivity contribution in [1.82, 2.24) is 5.32 Å². The minimum Gasteiger partial charge on any atom is -0.362 e. The maximum Gasteiger partial charge on any atom is 0.170 e. The molecule has 0 spiro atoms. The van der Waals surface area contributed by atoms with Gasteiger partial charge in [-0.25, -0.2) is 0 Å². The van der Waals surface area contributed by atoms with Crippen molar-refractivity contribution in [3.05, 3.63) is 29.8 Å². The number of nitrogens with one attached hydrogen (secondary N) is 2. The summed E-state index contributed by atoms with van der Waals surface area (Å²) < 4.78 is 0. The number of hydrogen-bond donors (Lipinski definition) is 2. The lowest BCUT2D eigenvalue weighted by Crippen LogP contribution is -2.29. The van der Waals surface area contributed by atoms with E-state index < -0.39 is 0 Å². The van der Waals surface area contributed by atoms with Crippen LogP contribution in [0.5, 0.6) is 0 Å². The van der Waals surface area contributed by atoms with Gasteiger partial charge in [0, 0.05) is 24.2 Å². The van der Waals surface area contributed by atoms with Crippen LogP contribution in [0, 0.1) is 0 Å². The van der Waals surface area contributed by atoms with E-state index in [1.807, 2.05) is 31.2 Å². The molecule has 3 nitrogen and oxygen atoms in total. The summed E-state index contributed by atoms with van der Waals surface area (Å²) in [6.45, 7) is 4.89. The fraction of sp³-hybridized carbons (Fsp3) is 0.429. The highest BCUT2D eigenvalue weighted by Gasteiger charge is 2.02. The van der Waals surface area contributed by atoms with Gasteiger partial charge in [-0.15, -0.1) is 0 Å². The summed E-state index contributed by atoms with van der Waals surface area (Å²) in [5.41, 5.74) is 1.64. The van der Waals surface area contributed by atoms with Crippen LogP contribution in [0.25, 0.3) is 0 Å². The molecule has 1 rings (SSSR count). The van der Waals surface area contributed by atoms with Crippen molar-refractivity contribution in [2.75, 3.05) is 11.9 Å². The number of anilines is 1. The molecule has 0 heterocycles. The molecule has 4 heteroatoms. The van der Waals surface area contributed by atoms with Crippen molar-refractivity contribution in [3.8, 4) is 0 Å². The summed E-state index contributed by atoms with van der Waals surface area (Å²) in [5.74, 6) is 0.158. The molecule has 0 saturated heterocycles. The zero-order valence-electron chi connectivity index (χ0n) is 11.0. The second-order valence-corrected chi connectivity index (χ2v) is 4.50. The van der Waals surface area contributed by atoms with Crippen LogP contribution in [0.1, 0.15) is 43.5 Å². The van der Waals surface area contributed by atoms with Crippen LogP contribution in [-0.4, -0.2) is 17.4 Å². The molecule has 0 fully saturated rings. The molecule has 2 N–H and O–H groups in total. The lowest BCUT2D eigenvalue weighted by atomic mass is 10.1. The maximum absolute atomic E-state index is 11.5. The van der Waals surface area contributed by atoms with E-state index in [4.69, 9.17) is 12.2 Å². The predicted octanol–water partition coefficient (Wildman–Crippen LogP) is 3.37. The Morgan fingerprint density at radius 3 is 2.44 bits per heavy atom. The Labute approximate surface area is 114 Å². The number of carbonyl (C=O) groups excluding carboxylic acids is 1. The van der Waals surface area contributed by atoms with Gasteiger partial charge in [0.15, 0.2) is 10.9 Å². The molecule has 0 amide bonds. The van der Waals surface area contributed by atoms with Gasteiger partial charge in [0.25, 0.3) is 0 Å². The number of thiocarbonyl (C=S) groups is 1.